The molecule has 1 aliphatic rings. The monoisotopic (exact) mass is 234 g/mol. The molecule has 5 heteroatoms. The highest BCUT2D eigenvalue weighted by Crippen LogP contribution is 2.36. The lowest BCUT2D eigenvalue weighted by Crippen LogP contribution is -2.20. The van der Waals surface area contributed by atoms with Gasteiger partial charge in [-0.25, -0.2) is 9.97 Å². The van der Waals surface area contributed by atoms with Gasteiger partial charge in [0, 0.05) is 16.5 Å². The van der Waals surface area contributed by atoms with E-state index in [9.17, 15) is 4.79 Å². The highest BCUT2D eigenvalue weighted by molar-refractivity contribution is 7.18. The summed E-state index contributed by atoms with van der Waals surface area (Å²) < 4.78 is 0. The van der Waals surface area contributed by atoms with Crippen molar-refractivity contribution < 1.29 is 9.90 Å². The Morgan fingerprint density at radius 3 is 3.25 bits per heavy atom. The number of hydrogen-bond acceptors (Lipinski definition) is 4. The number of thiophene rings is 1. The van der Waals surface area contributed by atoms with Crippen LogP contribution in [-0.2, 0) is 17.6 Å². The van der Waals surface area contributed by atoms with E-state index in [1.165, 1.54) is 10.4 Å². The van der Waals surface area contributed by atoms with E-state index in [1.807, 2.05) is 6.20 Å². The highest BCUT2D eigenvalue weighted by Gasteiger charge is 2.27. The van der Waals surface area contributed by atoms with Crippen LogP contribution >= 0.6 is 11.3 Å². The Kier molecular flexibility index (Phi) is 2.14. The number of aromatic nitrogens is 2. The molecule has 0 bridgehead atoms. The quantitative estimate of drug-likeness (QED) is 0.818. The zero-order valence-electron chi connectivity index (χ0n) is 8.51. The third-order valence-corrected chi connectivity index (χ3v) is 4.26. The summed E-state index contributed by atoms with van der Waals surface area (Å²) in [7, 11) is 0. The van der Waals surface area contributed by atoms with Crippen LogP contribution in [-0.4, -0.2) is 21.0 Å². The zero-order chi connectivity index (χ0) is 11.1. The molecule has 0 aromatic carbocycles. The van der Waals surface area contributed by atoms with Gasteiger partial charge < -0.3 is 5.11 Å². The summed E-state index contributed by atoms with van der Waals surface area (Å²) in [5, 5.41) is 10.1. The third-order valence-electron chi connectivity index (χ3n) is 3.08. The van der Waals surface area contributed by atoms with Crippen LogP contribution in [0.1, 0.15) is 16.9 Å². The summed E-state index contributed by atoms with van der Waals surface area (Å²) in [5.41, 5.74) is 1.26. The van der Waals surface area contributed by atoms with Crippen LogP contribution in [0.2, 0.25) is 0 Å². The maximum atomic E-state index is 11.0. The van der Waals surface area contributed by atoms with E-state index < -0.39 is 5.97 Å². The summed E-state index contributed by atoms with van der Waals surface area (Å²) >= 11 is 1.61. The average Bonchev–Trinajstić information content (AvgIpc) is 2.66. The third kappa shape index (κ3) is 1.39. The maximum absolute atomic E-state index is 11.0. The van der Waals surface area contributed by atoms with E-state index in [4.69, 9.17) is 5.11 Å². The Bertz CT molecular complexity index is 564. The molecule has 0 radical (unpaired) electrons. The fraction of sp³-hybridized carbons (Fsp3) is 0.364. The molecule has 16 heavy (non-hydrogen) atoms. The van der Waals surface area contributed by atoms with Crippen molar-refractivity contribution in [3.05, 3.63) is 23.0 Å². The molecule has 0 aliphatic heterocycles. The Morgan fingerprint density at radius 1 is 1.56 bits per heavy atom. The fourth-order valence-electron chi connectivity index (χ4n) is 2.23. The van der Waals surface area contributed by atoms with Crippen LogP contribution in [0.15, 0.2) is 12.5 Å². The fourth-order valence-corrected chi connectivity index (χ4v) is 3.47. The van der Waals surface area contributed by atoms with Crippen molar-refractivity contribution in [2.24, 2.45) is 5.92 Å². The molecule has 1 unspecified atom stereocenters. The van der Waals surface area contributed by atoms with Gasteiger partial charge in [0.1, 0.15) is 11.2 Å². The number of nitrogens with zero attached hydrogens (tertiary/aromatic N) is 2. The lowest BCUT2D eigenvalue weighted by Gasteiger charge is -2.17. The summed E-state index contributed by atoms with van der Waals surface area (Å²) in [5.74, 6) is -0.914. The minimum Gasteiger partial charge on any atom is -0.481 e. The van der Waals surface area contributed by atoms with E-state index >= 15 is 0 Å². The average molecular weight is 234 g/mol. The predicted molar refractivity (Wildman–Crippen MR) is 60.6 cm³/mol. The van der Waals surface area contributed by atoms with Crippen molar-refractivity contribution in [2.45, 2.75) is 19.3 Å². The van der Waals surface area contributed by atoms with Crippen LogP contribution in [0.3, 0.4) is 0 Å². The molecule has 4 nitrogen and oxygen atoms in total. The minimum absolute atomic E-state index is 0.228. The van der Waals surface area contributed by atoms with Crippen molar-refractivity contribution in [1.82, 2.24) is 9.97 Å². The summed E-state index contributed by atoms with van der Waals surface area (Å²) in [6, 6.07) is 0. The number of aryl methyl sites for hydroxylation is 1. The summed E-state index contributed by atoms with van der Waals surface area (Å²) in [4.78, 5) is 21.4. The number of hydrogen-bond donors (Lipinski definition) is 1. The molecule has 1 N–H and O–H groups in total. The Balaban J connectivity index is 2.09. The molecule has 0 amide bonds. The molecule has 2 heterocycles. The molecule has 1 aliphatic carbocycles. The minimum atomic E-state index is -0.686. The number of carbonyl (C=O) groups is 1. The maximum Gasteiger partial charge on any atom is 0.306 e. The standard InChI is InChI=1S/C11H10N2O2S/c14-11(15)6-1-2-7-8-4-12-5-13-10(8)16-9(7)3-6/h4-6H,1-3H2,(H,14,15). The molecular formula is C11H10N2O2S. The normalized spacial score (nSPS) is 19.6. The van der Waals surface area contributed by atoms with Crippen LogP contribution < -0.4 is 0 Å². The second-order valence-corrected chi connectivity index (χ2v) is 5.11. The second-order valence-electron chi connectivity index (χ2n) is 4.02. The lowest BCUT2D eigenvalue weighted by molar-refractivity contribution is -0.142. The number of rotatable bonds is 1. The van der Waals surface area contributed by atoms with Gasteiger partial charge in [-0.2, -0.15) is 0 Å². The first-order chi connectivity index (χ1) is 7.75. The first-order valence-corrected chi connectivity index (χ1v) is 6.00. The van der Waals surface area contributed by atoms with Gasteiger partial charge in [-0.3, -0.25) is 4.79 Å². The molecule has 2 aromatic heterocycles. The van der Waals surface area contributed by atoms with Gasteiger partial charge in [-0.1, -0.05) is 0 Å². The van der Waals surface area contributed by atoms with E-state index in [2.05, 4.69) is 9.97 Å². The predicted octanol–water partition coefficient (Wildman–Crippen LogP) is 1.88. The first kappa shape index (κ1) is 9.72. The van der Waals surface area contributed by atoms with Crippen LogP contribution in [0.25, 0.3) is 10.2 Å². The smallest absolute Gasteiger partial charge is 0.306 e. The van der Waals surface area contributed by atoms with Gasteiger partial charge in [0.25, 0.3) is 0 Å². The zero-order valence-corrected chi connectivity index (χ0v) is 9.33. The van der Waals surface area contributed by atoms with Gasteiger partial charge in [0.05, 0.1) is 5.92 Å². The van der Waals surface area contributed by atoms with Crippen molar-refractivity contribution in [2.75, 3.05) is 0 Å². The molecule has 3 rings (SSSR count). The molecular weight excluding hydrogens is 224 g/mol. The van der Waals surface area contributed by atoms with Crippen molar-refractivity contribution in [3.63, 3.8) is 0 Å². The Hall–Kier alpha value is -1.49. The van der Waals surface area contributed by atoms with Crippen molar-refractivity contribution in [3.8, 4) is 0 Å². The van der Waals surface area contributed by atoms with E-state index in [1.54, 1.807) is 17.7 Å². The van der Waals surface area contributed by atoms with E-state index in [-0.39, 0.29) is 5.92 Å². The number of fused-ring (bicyclic) bond motifs is 3. The second kappa shape index (κ2) is 3.52. The number of carboxylic acid groups (broad SMARTS) is 1. The Labute approximate surface area is 96.0 Å². The van der Waals surface area contributed by atoms with Crippen molar-refractivity contribution in [1.29, 1.82) is 0 Å². The largest absolute Gasteiger partial charge is 0.481 e. The molecule has 1 atom stereocenters. The highest BCUT2D eigenvalue weighted by atomic mass is 32.1. The SMILES string of the molecule is O=C(O)C1CCc2c(sc3ncncc23)C1. The van der Waals surface area contributed by atoms with Gasteiger partial charge in [-0.05, 0) is 24.8 Å². The molecule has 0 spiro atoms. The van der Waals surface area contributed by atoms with Crippen LogP contribution in [0.5, 0.6) is 0 Å². The van der Waals surface area contributed by atoms with Gasteiger partial charge in [-0.15, -0.1) is 11.3 Å². The molecule has 0 saturated carbocycles. The number of aliphatic carboxylic acids is 1. The topological polar surface area (TPSA) is 63.1 Å². The van der Waals surface area contributed by atoms with E-state index in [0.29, 0.717) is 6.42 Å². The summed E-state index contributed by atoms with van der Waals surface area (Å²) in [6.45, 7) is 0. The van der Waals surface area contributed by atoms with Crippen LogP contribution in [0.4, 0.5) is 0 Å². The van der Waals surface area contributed by atoms with Gasteiger partial charge in [0.2, 0.25) is 0 Å². The molecule has 2 aromatic rings. The molecule has 0 fully saturated rings. The number of carboxylic acids is 1. The van der Waals surface area contributed by atoms with Crippen molar-refractivity contribution >= 4 is 27.5 Å². The van der Waals surface area contributed by atoms with Crippen LogP contribution in [0, 0.1) is 5.92 Å². The lowest BCUT2D eigenvalue weighted by atomic mass is 9.88. The first-order valence-electron chi connectivity index (χ1n) is 5.19. The van der Waals surface area contributed by atoms with Gasteiger partial charge in [0.15, 0.2) is 0 Å². The molecule has 0 saturated heterocycles. The molecule has 82 valence electrons. The Morgan fingerprint density at radius 2 is 2.44 bits per heavy atom. The van der Waals surface area contributed by atoms with Gasteiger partial charge >= 0.3 is 5.97 Å². The summed E-state index contributed by atoms with van der Waals surface area (Å²) in [6.07, 6.45) is 5.58. The van der Waals surface area contributed by atoms with E-state index in [0.717, 1.165) is 23.1 Å².